The topological polar surface area (TPSA) is 44.6 Å². The number of hydrogen-bond acceptors (Lipinski definition) is 3. The van der Waals surface area contributed by atoms with Crippen molar-refractivity contribution in [3.8, 4) is 16.9 Å². The lowest BCUT2D eigenvalue weighted by Gasteiger charge is -2.06. The Balaban J connectivity index is 1.79. The molecule has 0 aliphatic carbocycles. The quantitative estimate of drug-likeness (QED) is 0.457. The molecule has 3 aromatic carbocycles. The SMILES string of the molecule is Oc1cc(-c2cc(Cl)cc(Cl)c2)ccc1C=NNc1ccccc1. The summed E-state index contributed by atoms with van der Waals surface area (Å²) in [6.45, 7) is 0. The van der Waals surface area contributed by atoms with Crippen LogP contribution < -0.4 is 5.43 Å². The standard InChI is InChI=1S/C19H14Cl2N2O/c20-16-8-15(9-17(21)11-16)13-6-7-14(19(24)10-13)12-22-23-18-4-2-1-3-5-18/h1-12,23-24H. The van der Waals surface area contributed by atoms with Gasteiger partial charge in [0.1, 0.15) is 5.75 Å². The molecule has 0 bridgehead atoms. The third kappa shape index (κ3) is 4.07. The van der Waals surface area contributed by atoms with E-state index in [-0.39, 0.29) is 5.75 Å². The van der Waals surface area contributed by atoms with Crippen molar-refractivity contribution in [1.29, 1.82) is 0 Å². The summed E-state index contributed by atoms with van der Waals surface area (Å²) in [4.78, 5) is 0. The van der Waals surface area contributed by atoms with Gasteiger partial charge in [0, 0.05) is 15.6 Å². The Hall–Kier alpha value is -2.49. The Morgan fingerprint density at radius 1 is 0.833 bits per heavy atom. The van der Waals surface area contributed by atoms with Gasteiger partial charge < -0.3 is 5.11 Å². The zero-order valence-electron chi connectivity index (χ0n) is 12.6. The van der Waals surface area contributed by atoms with Gasteiger partial charge in [0.2, 0.25) is 0 Å². The number of hydrazone groups is 1. The first-order valence-electron chi connectivity index (χ1n) is 7.25. The fourth-order valence-electron chi connectivity index (χ4n) is 2.24. The first-order valence-corrected chi connectivity index (χ1v) is 8.01. The minimum absolute atomic E-state index is 0.127. The largest absolute Gasteiger partial charge is 0.507 e. The van der Waals surface area contributed by atoms with Crippen molar-refractivity contribution in [3.63, 3.8) is 0 Å². The van der Waals surface area contributed by atoms with Gasteiger partial charge in [-0.25, -0.2) is 0 Å². The van der Waals surface area contributed by atoms with Gasteiger partial charge in [-0.2, -0.15) is 5.10 Å². The smallest absolute Gasteiger partial charge is 0.125 e. The van der Waals surface area contributed by atoms with Crippen LogP contribution >= 0.6 is 23.2 Å². The lowest BCUT2D eigenvalue weighted by atomic mass is 10.0. The van der Waals surface area contributed by atoms with Gasteiger partial charge in [-0.1, -0.05) is 47.5 Å². The van der Waals surface area contributed by atoms with Gasteiger partial charge in [0.15, 0.2) is 0 Å². The van der Waals surface area contributed by atoms with Gasteiger partial charge in [0.05, 0.1) is 11.9 Å². The lowest BCUT2D eigenvalue weighted by Crippen LogP contribution is -1.91. The van der Waals surface area contributed by atoms with E-state index in [1.807, 2.05) is 36.4 Å². The molecule has 24 heavy (non-hydrogen) atoms. The van der Waals surface area contributed by atoms with Gasteiger partial charge >= 0.3 is 0 Å². The Morgan fingerprint density at radius 2 is 1.54 bits per heavy atom. The third-order valence-corrected chi connectivity index (χ3v) is 3.83. The molecule has 0 aliphatic rings. The van der Waals surface area contributed by atoms with E-state index in [4.69, 9.17) is 23.2 Å². The molecule has 0 radical (unpaired) electrons. The number of phenols is 1. The summed E-state index contributed by atoms with van der Waals surface area (Å²) in [6, 6.07) is 20.2. The van der Waals surface area contributed by atoms with E-state index in [1.54, 1.807) is 36.5 Å². The van der Waals surface area contributed by atoms with Gasteiger partial charge in [-0.3, -0.25) is 5.43 Å². The highest BCUT2D eigenvalue weighted by Gasteiger charge is 2.05. The summed E-state index contributed by atoms with van der Waals surface area (Å²) in [6.07, 6.45) is 1.57. The van der Waals surface area contributed by atoms with Gasteiger partial charge in [0.25, 0.3) is 0 Å². The molecule has 0 unspecified atom stereocenters. The molecule has 3 nitrogen and oxygen atoms in total. The molecule has 3 rings (SSSR count). The van der Waals surface area contributed by atoms with Crippen LogP contribution in [0.25, 0.3) is 11.1 Å². The highest BCUT2D eigenvalue weighted by molar-refractivity contribution is 6.35. The maximum Gasteiger partial charge on any atom is 0.125 e. The number of anilines is 1. The van der Waals surface area contributed by atoms with Gasteiger partial charge in [-0.15, -0.1) is 0 Å². The molecule has 0 spiro atoms. The Bertz CT molecular complexity index is 860. The van der Waals surface area contributed by atoms with Crippen molar-refractivity contribution in [1.82, 2.24) is 0 Å². The fourth-order valence-corrected chi connectivity index (χ4v) is 2.77. The fraction of sp³-hybridized carbons (Fsp3) is 0. The van der Waals surface area contributed by atoms with Gasteiger partial charge in [-0.05, 0) is 53.6 Å². The monoisotopic (exact) mass is 356 g/mol. The van der Waals surface area contributed by atoms with Crippen LogP contribution in [0, 0.1) is 0 Å². The molecule has 0 fully saturated rings. The molecule has 120 valence electrons. The van der Waals surface area contributed by atoms with Crippen LogP contribution in [0.3, 0.4) is 0 Å². The van der Waals surface area contributed by atoms with Crippen molar-refractivity contribution < 1.29 is 5.11 Å². The Labute approximate surface area is 150 Å². The molecule has 5 heteroatoms. The van der Waals surface area contributed by atoms with Crippen molar-refractivity contribution in [3.05, 3.63) is 82.3 Å². The number of halogens is 2. The van der Waals surface area contributed by atoms with E-state index in [0.29, 0.717) is 15.6 Å². The first-order chi connectivity index (χ1) is 11.6. The number of aromatic hydroxyl groups is 1. The second kappa shape index (κ2) is 7.39. The average Bonchev–Trinajstić information content (AvgIpc) is 2.56. The molecule has 0 aliphatic heterocycles. The Kier molecular flexibility index (Phi) is 5.04. The Morgan fingerprint density at radius 3 is 2.21 bits per heavy atom. The number of nitrogens with one attached hydrogen (secondary N) is 1. The van der Waals surface area contributed by atoms with Crippen molar-refractivity contribution in [2.24, 2.45) is 5.10 Å². The second-order valence-corrected chi connectivity index (χ2v) is 6.04. The zero-order chi connectivity index (χ0) is 16.9. The molecule has 0 amide bonds. The second-order valence-electron chi connectivity index (χ2n) is 5.17. The summed E-state index contributed by atoms with van der Waals surface area (Å²) in [5.74, 6) is 0.127. The number of rotatable bonds is 4. The summed E-state index contributed by atoms with van der Waals surface area (Å²) in [7, 11) is 0. The molecular weight excluding hydrogens is 343 g/mol. The van der Waals surface area contributed by atoms with Crippen LogP contribution in [-0.4, -0.2) is 11.3 Å². The van der Waals surface area contributed by atoms with Crippen LogP contribution in [0.2, 0.25) is 10.0 Å². The molecule has 0 atom stereocenters. The lowest BCUT2D eigenvalue weighted by molar-refractivity contribution is 0.474. The zero-order valence-corrected chi connectivity index (χ0v) is 14.1. The van der Waals surface area contributed by atoms with Crippen molar-refractivity contribution in [2.45, 2.75) is 0 Å². The van der Waals surface area contributed by atoms with E-state index in [0.717, 1.165) is 16.8 Å². The minimum atomic E-state index is 0.127. The van der Waals surface area contributed by atoms with Crippen molar-refractivity contribution >= 4 is 35.1 Å². The molecule has 2 N–H and O–H groups in total. The van der Waals surface area contributed by atoms with E-state index < -0.39 is 0 Å². The molecule has 3 aromatic rings. The number of para-hydroxylation sites is 1. The number of hydrogen-bond donors (Lipinski definition) is 2. The molecule has 0 saturated heterocycles. The first kappa shape index (κ1) is 16.4. The van der Waals surface area contributed by atoms with Crippen LogP contribution in [0.5, 0.6) is 5.75 Å². The predicted molar refractivity (Wildman–Crippen MR) is 101 cm³/mol. The van der Waals surface area contributed by atoms with E-state index in [9.17, 15) is 5.11 Å². The normalized spacial score (nSPS) is 10.9. The molecule has 0 heterocycles. The maximum absolute atomic E-state index is 10.2. The number of benzene rings is 3. The summed E-state index contributed by atoms with van der Waals surface area (Å²) < 4.78 is 0. The number of phenolic OH excluding ortho intramolecular Hbond substituents is 1. The van der Waals surface area contributed by atoms with Crippen LogP contribution in [0.1, 0.15) is 5.56 Å². The number of nitrogens with zero attached hydrogens (tertiary/aromatic N) is 1. The predicted octanol–water partition coefficient (Wildman–Crippen LogP) is 5.81. The average molecular weight is 357 g/mol. The summed E-state index contributed by atoms with van der Waals surface area (Å²) >= 11 is 12.0. The molecular formula is C19H14Cl2N2O. The van der Waals surface area contributed by atoms with Crippen LogP contribution in [0.15, 0.2) is 71.8 Å². The minimum Gasteiger partial charge on any atom is -0.507 e. The summed E-state index contributed by atoms with van der Waals surface area (Å²) in [5, 5.41) is 15.4. The van der Waals surface area contributed by atoms with Crippen LogP contribution in [-0.2, 0) is 0 Å². The third-order valence-electron chi connectivity index (χ3n) is 3.40. The highest BCUT2D eigenvalue weighted by Crippen LogP contribution is 2.30. The van der Waals surface area contributed by atoms with E-state index in [1.165, 1.54) is 0 Å². The van der Waals surface area contributed by atoms with E-state index in [2.05, 4.69) is 10.5 Å². The van der Waals surface area contributed by atoms with Crippen LogP contribution in [0.4, 0.5) is 5.69 Å². The van der Waals surface area contributed by atoms with Crippen molar-refractivity contribution in [2.75, 3.05) is 5.43 Å². The highest BCUT2D eigenvalue weighted by atomic mass is 35.5. The molecule has 0 saturated carbocycles. The summed E-state index contributed by atoms with van der Waals surface area (Å²) in [5.41, 5.74) is 6.05. The molecule has 0 aromatic heterocycles. The van der Waals surface area contributed by atoms with E-state index >= 15 is 0 Å². The maximum atomic E-state index is 10.2.